The molecule has 0 spiro atoms. The third-order valence-electron chi connectivity index (χ3n) is 5.41. The molecule has 1 heterocycles. The molecule has 1 aliphatic rings. The van der Waals surface area contributed by atoms with Crippen LogP contribution >= 0.6 is 0 Å². The predicted molar refractivity (Wildman–Crippen MR) is 83.5 cm³/mol. The molecule has 3 rings (SSSR count). The highest BCUT2D eigenvalue weighted by molar-refractivity contribution is 5.89. The van der Waals surface area contributed by atoms with Crippen LogP contribution in [0, 0.1) is 16.7 Å². The fourth-order valence-corrected chi connectivity index (χ4v) is 3.27. The van der Waals surface area contributed by atoms with Crippen molar-refractivity contribution in [3.8, 4) is 0 Å². The number of nitrogens with zero attached hydrogens (tertiary/aromatic N) is 2. The molecule has 3 N–H and O–H groups in total. The zero-order chi connectivity index (χ0) is 14.5. The van der Waals surface area contributed by atoms with Crippen molar-refractivity contribution >= 4 is 22.7 Å². The molecule has 4 heteroatoms. The molecule has 0 radical (unpaired) electrons. The van der Waals surface area contributed by atoms with Crippen LogP contribution in [0.3, 0.4) is 0 Å². The lowest BCUT2D eigenvalue weighted by Crippen LogP contribution is -2.11. The van der Waals surface area contributed by atoms with Crippen molar-refractivity contribution in [2.45, 2.75) is 27.7 Å². The van der Waals surface area contributed by atoms with Crippen LogP contribution in [0.25, 0.3) is 10.9 Å². The minimum atomic E-state index is 0.320. The van der Waals surface area contributed by atoms with E-state index < -0.39 is 0 Å². The molecule has 1 aromatic heterocycles. The van der Waals surface area contributed by atoms with Gasteiger partial charge < -0.3 is 11.1 Å². The summed E-state index contributed by atoms with van der Waals surface area (Å²) in [6.45, 7) is 10.2. The number of para-hydroxylation sites is 1. The van der Waals surface area contributed by atoms with Gasteiger partial charge in [-0.05, 0) is 28.9 Å². The Bertz CT molecular complexity index is 647. The van der Waals surface area contributed by atoms with Crippen molar-refractivity contribution < 1.29 is 0 Å². The highest BCUT2D eigenvalue weighted by Crippen LogP contribution is 2.68. The Labute approximate surface area is 119 Å². The van der Waals surface area contributed by atoms with Gasteiger partial charge in [-0.25, -0.2) is 4.98 Å². The predicted octanol–water partition coefficient (Wildman–Crippen LogP) is 3.31. The summed E-state index contributed by atoms with van der Waals surface area (Å²) < 4.78 is 0. The monoisotopic (exact) mass is 270 g/mol. The van der Waals surface area contributed by atoms with Crippen molar-refractivity contribution in [2.24, 2.45) is 16.7 Å². The lowest BCUT2D eigenvalue weighted by molar-refractivity contribution is 0.457. The molecule has 0 unspecified atom stereocenters. The van der Waals surface area contributed by atoms with Gasteiger partial charge in [0.1, 0.15) is 5.82 Å². The quantitative estimate of drug-likeness (QED) is 0.898. The molecule has 4 nitrogen and oxygen atoms in total. The van der Waals surface area contributed by atoms with Crippen LogP contribution in [-0.2, 0) is 0 Å². The summed E-state index contributed by atoms with van der Waals surface area (Å²) in [5.74, 6) is 1.80. The maximum atomic E-state index is 5.79. The molecule has 1 aliphatic carbocycles. The Morgan fingerprint density at radius 2 is 1.75 bits per heavy atom. The summed E-state index contributed by atoms with van der Waals surface area (Å²) >= 11 is 0. The molecule has 0 amide bonds. The first kappa shape index (κ1) is 13.2. The van der Waals surface area contributed by atoms with Crippen LogP contribution in [0.5, 0.6) is 0 Å². The number of anilines is 2. The first-order chi connectivity index (χ1) is 9.34. The van der Waals surface area contributed by atoms with Gasteiger partial charge in [0, 0.05) is 11.9 Å². The van der Waals surface area contributed by atoms with Gasteiger partial charge in [-0.1, -0.05) is 39.8 Å². The van der Waals surface area contributed by atoms with Crippen molar-refractivity contribution in [1.82, 2.24) is 9.97 Å². The van der Waals surface area contributed by atoms with Gasteiger partial charge in [0.25, 0.3) is 0 Å². The van der Waals surface area contributed by atoms with Gasteiger partial charge in [-0.15, -0.1) is 0 Å². The van der Waals surface area contributed by atoms with Crippen LogP contribution in [0.2, 0.25) is 0 Å². The zero-order valence-corrected chi connectivity index (χ0v) is 12.6. The molecule has 1 saturated carbocycles. The summed E-state index contributed by atoms with van der Waals surface area (Å²) in [4.78, 5) is 8.62. The molecule has 1 aromatic carbocycles. The van der Waals surface area contributed by atoms with E-state index in [-0.39, 0.29) is 0 Å². The largest absolute Gasteiger partial charge is 0.369 e. The van der Waals surface area contributed by atoms with Gasteiger partial charge in [0.15, 0.2) is 0 Å². The summed E-state index contributed by atoms with van der Waals surface area (Å²) in [5, 5.41) is 4.50. The third kappa shape index (κ3) is 1.82. The second-order valence-corrected chi connectivity index (χ2v) is 6.82. The number of hydrogen-bond acceptors (Lipinski definition) is 4. The van der Waals surface area contributed by atoms with Crippen molar-refractivity contribution in [1.29, 1.82) is 0 Å². The van der Waals surface area contributed by atoms with Crippen molar-refractivity contribution in [3.63, 3.8) is 0 Å². The summed E-state index contributed by atoms with van der Waals surface area (Å²) in [6.07, 6.45) is 0. The number of nitrogens with two attached hydrogens (primary N) is 1. The highest BCUT2D eigenvalue weighted by atomic mass is 15.1. The number of nitrogens with one attached hydrogen (secondary N) is 1. The van der Waals surface area contributed by atoms with Crippen LogP contribution in [-0.4, -0.2) is 16.5 Å². The van der Waals surface area contributed by atoms with E-state index in [0.717, 1.165) is 23.3 Å². The van der Waals surface area contributed by atoms with E-state index in [1.54, 1.807) is 0 Å². The Balaban J connectivity index is 1.86. The van der Waals surface area contributed by atoms with E-state index >= 15 is 0 Å². The van der Waals surface area contributed by atoms with E-state index in [1.165, 1.54) is 0 Å². The van der Waals surface area contributed by atoms with Crippen LogP contribution in [0.4, 0.5) is 11.8 Å². The molecule has 0 aliphatic heterocycles. The van der Waals surface area contributed by atoms with Gasteiger partial charge in [0.2, 0.25) is 5.95 Å². The van der Waals surface area contributed by atoms with Crippen LogP contribution in [0.1, 0.15) is 27.7 Å². The molecule has 20 heavy (non-hydrogen) atoms. The first-order valence-electron chi connectivity index (χ1n) is 7.10. The fraction of sp³-hybridized carbons (Fsp3) is 0.500. The maximum absolute atomic E-state index is 5.79. The number of nitrogen functional groups attached to an aromatic ring is 1. The van der Waals surface area contributed by atoms with Gasteiger partial charge in [-0.3, -0.25) is 0 Å². The number of rotatable bonds is 3. The SMILES string of the molecule is CC1(C)C(CNc2nc(N)nc3ccccc23)C1(C)C. The topological polar surface area (TPSA) is 63.8 Å². The van der Waals surface area contributed by atoms with Crippen LogP contribution in [0.15, 0.2) is 24.3 Å². The van der Waals surface area contributed by atoms with E-state index in [4.69, 9.17) is 5.73 Å². The second kappa shape index (κ2) is 4.08. The fourth-order valence-electron chi connectivity index (χ4n) is 3.27. The summed E-state index contributed by atoms with van der Waals surface area (Å²) in [7, 11) is 0. The molecular weight excluding hydrogens is 248 g/mol. The number of fused-ring (bicyclic) bond motifs is 1. The normalized spacial score (nSPS) is 20.0. The molecule has 106 valence electrons. The van der Waals surface area contributed by atoms with Gasteiger partial charge >= 0.3 is 0 Å². The molecular formula is C16H22N4. The van der Waals surface area contributed by atoms with E-state index in [0.29, 0.717) is 22.7 Å². The zero-order valence-electron chi connectivity index (χ0n) is 12.6. The molecule has 0 saturated heterocycles. The minimum Gasteiger partial charge on any atom is -0.369 e. The van der Waals surface area contributed by atoms with E-state index in [1.807, 2.05) is 24.3 Å². The van der Waals surface area contributed by atoms with Crippen molar-refractivity contribution in [3.05, 3.63) is 24.3 Å². The van der Waals surface area contributed by atoms with Gasteiger partial charge in [0.05, 0.1) is 5.52 Å². The average molecular weight is 270 g/mol. The standard InChI is InChI=1S/C16H22N4/c1-15(2)12(16(15,3)4)9-18-13-10-7-5-6-8-11(10)19-14(17)20-13/h5-8,12H,9H2,1-4H3,(H3,17,18,19,20). The lowest BCUT2D eigenvalue weighted by atomic mass is 10.0. The highest BCUT2D eigenvalue weighted by Gasteiger charge is 2.64. The van der Waals surface area contributed by atoms with Crippen molar-refractivity contribution in [2.75, 3.05) is 17.6 Å². The Hall–Kier alpha value is -1.84. The summed E-state index contributed by atoms with van der Waals surface area (Å²) in [6, 6.07) is 7.95. The molecule has 0 bridgehead atoms. The van der Waals surface area contributed by atoms with E-state index in [9.17, 15) is 0 Å². The molecule has 2 aromatic rings. The first-order valence-corrected chi connectivity index (χ1v) is 7.10. The van der Waals surface area contributed by atoms with E-state index in [2.05, 4.69) is 43.0 Å². The molecule has 1 fully saturated rings. The Kier molecular flexibility index (Phi) is 2.68. The Morgan fingerprint density at radius 1 is 1.10 bits per heavy atom. The summed E-state index contributed by atoms with van der Waals surface area (Å²) in [5.41, 5.74) is 7.42. The number of benzene rings is 1. The smallest absolute Gasteiger partial charge is 0.222 e. The van der Waals surface area contributed by atoms with Crippen LogP contribution < -0.4 is 11.1 Å². The maximum Gasteiger partial charge on any atom is 0.222 e. The second-order valence-electron chi connectivity index (χ2n) is 6.82. The number of hydrogen-bond donors (Lipinski definition) is 2. The molecule has 0 atom stereocenters. The minimum absolute atomic E-state index is 0.320. The Morgan fingerprint density at radius 3 is 2.40 bits per heavy atom. The third-order valence-corrected chi connectivity index (χ3v) is 5.41. The average Bonchev–Trinajstić information content (AvgIpc) is 2.76. The lowest BCUT2D eigenvalue weighted by Gasteiger charge is -2.10. The van der Waals surface area contributed by atoms with Gasteiger partial charge in [-0.2, -0.15) is 4.98 Å². The number of aromatic nitrogens is 2.